The molecule has 5 nitrogen and oxygen atoms in total. The van der Waals surface area contributed by atoms with Gasteiger partial charge >= 0.3 is 12.2 Å². The fourth-order valence-corrected chi connectivity index (χ4v) is 1.92. The summed E-state index contributed by atoms with van der Waals surface area (Å²) in [6.45, 7) is 2.07. The van der Waals surface area contributed by atoms with E-state index in [4.69, 9.17) is 0 Å². The van der Waals surface area contributed by atoms with Crippen LogP contribution in [0, 0.1) is 0 Å². The molecule has 1 aromatic carbocycles. The highest BCUT2D eigenvalue weighted by atomic mass is 19.4. The number of aliphatic hydroxyl groups is 1. The van der Waals surface area contributed by atoms with Gasteiger partial charge in [-0.25, -0.2) is 4.79 Å². The number of aliphatic hydroxyl groups excluding tert-OH is 1. The zero-order valence-corrected chi connectivity index (χ0v) is 13.0. The molecule has 0 unspecified atom stereocenters. The van der Waals surface area contributed by atoms with Crippen LogP contribution in [0.5, 0.6) is 5.75 Å². The molecule has 0 saturated carbocycles. The Hall–Kier alpha value is -1.96. The zero-order valence-electron chi connectivity index (χ0n) is 13.0. The van der Waals surface area contributed by atoms with Gasteiger partial charge in [-0.1, -0.05) is 19.9 Å². The molecule has 0 bridgehead atoms. The average Bonchev–Trinajstić information content (AvgIpc) is 2.50. The van der Waals surface area contributed by atoms with Crippen molar-refractivity contribution in [2.24, 2.45) is 0 Å². The highest BCUT2D eigenvalue weighted by molar-refractivity contribution is 5.90. The number of alkyl halides is 3. The lowest BCUT2D eigenvalue weighted by Gasteiger charge is -2.30. The summed E-state index contributed by atoms with van der Waals surface area (Å²) in [4.78, 5) is 12.0. The molecule has 0 radical (unpaired) electrons. The Kier molecular flexibility index (Phi) is 6.68. The van der Waals surface area contributed by atoms with Gasteiger partial charge in [0.25, 0.3) is 0 Å². The van der Waals surface area contributed by atoms with E-state index in [1.54, 1.807) is 0 Å². The molecule has 0 aliphatic rings. The lowest BCUT2D eigenvalue weighted by atomic mass is 9.94. The highest BCUT2D eigenvalue weighted by Gasteiger charge is 2.29. The van der Waals surface area contributed by atoms with Gasteiger partial charge in [0.05, 0.1) is 12.1 Å². The number of anilines is 1. The van der Waals surface area contributed by atoms with Gasteiger partial charge in [0.15, 0.2) is 6.61 Å². The number of rotatable bonds is 7. The first-order valence-electron chi connectivity index (χ1n) is 7.23. The predicted octanol–water partition coefficient (Wildman–Crippen LogP) is 3.30. The minimum absolute atomic E-state index is 0.000436. The summed E-state index contributed by atoms with van der Waals surface area (Å²) >= 11 is 0. The van der Waals surface area contributed by atoms with Crippen molar-refractivity contribution in [2.75, 3.05) is 18.5 Å². The van der Waals surface area contributed by atoms with E-state index in [0.29, 0.717) is 18.5 Å². The molecule has 130 valence electrons. The minimum atomic E-state index is -4.43. The molecular weight excluding hydrogens is 313 g/mol. The highest BCUT2D eigenvalue weighted by Crippen LogP contribution is 2.21. The number of ether oxygens (including phenoxy) is 1. The van der Waals surface area contributed by atoms with Gasteiger partial charge in [0, 0.05) is 11.8 Å². The molecule has 8 heteroatoms. The quantitative estimate of drug-likeness (QED) is 0.716. The van der Waals surface area contributed by atoms with Gasteiger partial charge in [-0.15, -0.1) is 0 Å². The largest absolute Gasteiger partial charge is 0.484 e. The summed E-state index contributed by atoms with van der Waals surface area (Å²) in [6, 6.07) is 5.11. The first-order valence-corrected chi connectivity index (χ1v) is 7.23. The van der Waals surface area contributed by atoms with Crippen LogP contribution in [-0.4, -0.2) is 36.1 Å². The number of urea groups is 1. The third-order valence-corrected chi connectivity index (χ3v) is 3.53. The molecule has 1 aromatic rings. The van der Waals surface area contributed by atoms with Crippen LogP contribution in [0.15, 0.2) is 24.3 Å². The Morgan fingerprint density at radius 3 is 2.43 bits per heavy atom. The number of hydrogen-bond acceptors (Lipinski definition) is 3. The van der Waals surface area contributed by atoms with Gasteiger partial charge in [-0.3, -0.25) is 0 Å². The second-order valence-electron chi connectivity index (χ2n) is 5.16. The first kappa shape index (κ1) is 19.1. The second-order valence-corrected chi connectivity index (χ2v) is 5.16. The maximum absolute atomic E-state index is 12.1. The van der Waals surface area contributed by atoms with E-state index in [9.17, 15) is 23.1 Å². The van der Waals surface area contributed by atoms with E-state index in [2.05, 4.69) is 15.4 Å². The van der Waals surface area contributed by atoms with Crippen molar-refractivity contribution in [1.82, 2.24) is 5.32 Å². The molecule has 2 amide bonds. The summed E-state index contributed by atoms with van der Waals surface area (Å²) in [5.41, 5.74) is -0.435. The lowest BCUT2D eigenvalue weighted by molar-refractivity contribution is -0.153. The monoisotopic (exact) mass is 334 g/mol. The van der Waals surface area contributed by atoms with Crippen LogP contribution in [0.1, 0.15) is 26.7 Å². The minimum Gasteiger partial charge on any atom is -0.484 e. The van der Waals surface area contributed by atoms with Crippen LogP contribution in [0.2, 0.25) is 0 Å². The number of halogens is 3. The van der Waals surface area contributed by atoms with Crippen LogP contribution < -0.4 is 15.4 Å². The van der Waals surface area contributed by atoms with Crippen molar-refractivity contribution in [3.8, 4) is 5.75 Å². The predicted molar refractivity (Wildman–Crippen MR) is 80.5 cm³/mol. The normalized spacial score (nSPS) is 11.9. The second kappa shape index (κ2) is 8.05. The Morgan fingerprint density at radius 1 is 1.26 bits per heavy atom. The van der Waals surface area contributed by atoms with Gasteiger partial charge in [-0.2, -0.15) is 13.2 Å². The van der Waals surface area contributed by atoms with E-state index < -0.39 is 24.4 Å². The third-order valence-electron chi connectivity index (χ3n) is 3.53. The van der Waals surface area contributed by atoms with Gasteiger partial charge in [-0.05, 0) is 25.0 Å². The lowest BCUT2D eigenvalue weighted by Crippen LogP contribution is -2.51. The fraction of sp³-hybridized carbons (Fsp3) is 0.533. The number of benzene rings is 1. The Balaban J connectivity index is 2.68. The summed E-state index contributed by atoms with van der Waals surface area (Å²) in [5.74, 6) is -0.000436. The third kappa shape index (κ3) is 6.35. The van der Waals surface area contributed by atoms with E-state index in [1.165, 1.54) is 24.3 Å². The van der Waals surface area contributed by atoms with Crippen molar-refractivity contribution in [1.29, 1.82) is 0 Å². The maximum atomic E-state index is 12.1. The SMILES string of the molecule is CCC(CC)(CO)NC(=O)Nc1cccc(OCC(F)(F)F)c1. The maximum Gasteiger partial charge on any atom is 0.422 e. The van der Waals surface area contributed by atoms with Crippen molar-refractivity contribution in [2.45, 2.75) is 38.4 Å². The van der Waals surface area contributed by atoms with Gasteiger partial charge < -0.3 is 20.5 Å². The first-order chi connectivity index (χ1) is 10.7. The standard InChI is InChI=1S/C15H21F3N2O3/c1-3-14(4-2,9-21)20-13(22)19-11-6-5-7-12(8-11)23-10-15(16,17)18/h5-8,21H,3-4,9-10H2,1-2H3,(H2,19,20,22). The van der Waals surface area contributed by atoms with Crippen molar-refractivity contribution in [3.05, 3.63) is 24.3 Å². The molecule has 0 atom stereocenters. The molecule has 0 aliphatic carbocycles. The summed E-state index contributed by atoms with van der Waals surface area (Å²) in [7, 11) is 0. The molecule has 23 heavy (non-hydrogen) atoms. The number of nitrogens with one attached hydrogen (secondary N) is 2. The van der Waals surface area contributed by atoms with Crippen LogP contribution in [0.25, 0.3) is 0 Å². The van der Waals surface area contributed by atoms with Crippen LogP contribution in [0.3, 0.4) is 0 Å². The van der Waals surface area contributed by atoms with Gasteiger partial charge in [0.1, 0.15) is 5.75 Å². The van der Waals surface area contributed by atoms with Gasteiger partial charge in [0.2, 0.25) is 0 Å². The molecule has 0 aromatic heterocycles. The average molecular weight is 334 g/mol. The number of carbonyl (C=O) groups is 1. The van der Waals surface area contributed by atoms with Crippen LogP contribution in [0.4, 0.5) is 23.7 Å². The summed E-state index contributed by atoms with van der Waals surface area (Å²) in [5, 5.41) is 14.6. The number of carbonyl (C=O) groups excluding carboxylic acids is 1. The van der Waals surface area contributed by atoms with E-state index >= 15 is 0 Å². The fourth-order valence-electron chi connectivity index (χ4n) is 1.92. The molecule has 3 N–H and O–H groups in total. The molecule has 0 heterocycles. The molecule has 0 fully saturated rings. The Bertz CT molecular complexity index is 509. The molecule has 0 saturated heterocycles. The number of amides is 2. The Morgan fingerprint density at radius 2 is 1.91 bits per heavy atom. The van der Waals surface area contributed by atoms with E-state index in [0.717, 1.165) is 0 Å². The molecule has 1 rings (SSSR count). The van der Waals surface area contributed by atoms with Crippen molar-refractivity contribution < 1.29 is 27.8 Å². The summed E-state index contributed by atoms with van der Waals surface area (Å²) in [6.07, 6.45) is -3.34. The molecule has 0 aliphatic heterocycles. The van der Waals surface area contributed by atoms with Crippen LogP contribution >= 0.6 is 0 Å². The molecule has 0 spiro atoms. The zero-order chi connectivity index (χ0) is 17.5. The van der Waals surface area contributed by atoms with E-state index in [1.807, 2.05) is 13.8 Å². The van der Waals surface area contributed by atoms with Crippen molar-refractivity contribution in [3.63, 3.8) is 0 Å². The van der Waals surface area contributed by atoms with Crippen molar-refractivity contribution >= 4 is 11.7 Å². The summed E-state index contributed by atoms with van der Waals surface area (Å²) < 4.78 is 41.0. The molecular formula is C15H21F3N2O3. The number of hydrogen-bond donors (Lipinski definition) is 3. The Labute approximate surface area is 132 Å². The smallest absolute Gasteiger partial charge is 0.422 e. The topological polar surface area (TPSA) is 70.6 Å². The van der Waals surface area contributed by atoms with Crippen LogP contribution in [-0.2, 0) is 0 Å². The van der Waals surface area contributed by atoms with E-state index in [-0.39, 0.29) is 12.4 Å².